The molecular weight excluding hydrogens is 260 g/mol. The van der Waals surface area contributed by atoms with Crippen LogP contribution < -0.4 is 0 Å². The van der Waals surface area contributed by atoms with Crippen molar-refractivity contribution in [2.24, 2.45) is 5.92 Å². The van der Waals surface area contributed by atoms with Gasteiger partial charge in [0.2, 0.25) is 0 Å². The smallest absolute Gasteiger partial charge is 0.333 e. The molecule has 0 spiro atoms. The van der Waals surface area contributed by atoms with Gasteiger partial charge in [0.25, 0.3) is 0 Å². The summed E-state index contributed by atoms with van der Waals surface area (Å²) in [5, 5.41) is 0. The van der Waals surface area contributed by atoms with Gasteiger partial charge in [-0.2, -0.15) is 0 Å². The monoisotopic (exact) mass is 288 g/mol. The van der Waals surface area contributed by atoms with Gasteiger partial charge in [0.15, 0.2) is 0 Å². The van der Waals surface area contributed by atoms with Crippen LogP contribution in [0.3, 0.4) is 0 Å². The van der Waals surface area contributed by atoms with Crippen LogP contribution in [0.1, 0.15) is 51.5 Å². The number of esters is 1. The molecule has 2 nitrogen and oxygen atoms in total. The van der Waals surface area contributed by atoms with E-state index in [1.165, 1.54) is 18.4 Å². The molecule has 1 rings (SSSR count). The average molecular weight is 288 g/mol. The van der Waals surface area contributed by atoms with Crippen LogP contribution in [0, 0.1) is 5.92 Å². The minimum absolute atomic E-state index is 0.241. The van der Waals surface area contributed by atoms with Crippen LogP contribution in [-0.4, -0.2) is 12.6 Å². The SMILES string of the molecule is C=C(CCCCCC(C)Cc1ccccc1)C(=O)OCC. The molecule has 0 aliphatic rings. The van der Waals surface area contributed by atoms with E-state index in [2.05, 4.69) is 43.8 Å². The van der Waals surface area contributed by atoms with Crippen molar-refractivity contribution in [3.8, 4) is 0 Å². The highest BCUT2D eigenvalue weighted by Crippen LogP contribution is 2.17. The van der Waals surface area contributed by atoms with Crippen LogP contribution in [0.4, 0.5) is 0 Å². The third kappa shape index (κ3) is 7.69. The van der Waals surface area contributed by atoms with Gasteiger partial charge in [-0.15, -0.1) is 0 Å². The van der Waals surface area contributed by atoms with Gasteiger partial charge in [-0.1, -0.05) is 63.1 Å². The molecule has 0 aliphatic carbocycles. The van der Waals surface area contributed by atoms with E-state index in [9.17, 15) is 4.79 Å². The molecule has 0 saturated carbocycles. The van der Waals surface area contributed by atoms with E-state index in [4.69, 9.17) is 4.74 Å². The Morgan fingerprint density at radius 1 is 1.19 bits per heavy atom. The second kappa shape index (κ2) is 10.2. The molecule has 0 aromatic heterocycles. The summed E-state index contributed by atoms with van der Waals surface area (Å²) in [6, 6.07) is 10.6. The van der Waals surface area contributed by atoms with E-state index >= 15 is 0 Å². The highest BCUT2D eigenvalue weighted by molar-refractivity contribution is 5.87. The van der Waals surface area contributed by atoms with Crippen LogP contribution in [0.5, 0.6) is 0 Å². The maximum Gasteiger partial charge on any atom is 0.333 e. The second-order valence-electron chi connectivity index (χ2n) is 5.72. The fourth-order valence-corrected chi connectivity index (χ4v) is 2.46. The van der Waals surface area contributed by atoms with E-state index in [1.54, 1.807) is 0 Å². The van der Waals surface area contributed by atoms with Crippen molar-refractivity contribution in [1.29, 1.82) is 0 Å². The molecule has 1 unspecified atom stereocenters. The zero-order valence-corrected chi connectivity index (χ0v) is 13.4. The summed E-state index contributed by atoms with van der Waals surface area (Å²) in [4.78, 5) is 11.4. The van der Waals surface area contributed by atoms with Crippen LogP contribution in [0.25, 0.3) is 0 Å². The van der Waals surface area contributed by atoms with Crippen LogP contribution in [0.2, 0.25) is 0 Å². The van der Waals surface area contributed by atoms with E-state index in [-0.39, 0.29) is 5.97 Å². The quantitative estimate of drug-likeness (QED) is 0.346. The average Bonchev–Trinajstić information content (AvgIpc) is 2.48. The largest absolute Gasteiger partial charge is 0.463 e. The maximum atomic E-state index is 11.4. The number of rotatable bonds is 10. The van der Waals surface area contributed by atoms with Gasteiger partial charge in [-0.25, -0.2) is 4.79 Å². The lowest BCUT2D eigenvalue weighted by atomic mass is 9.95. The number of carbonyl (C=O) groups is 1. The molecule has 0 heterocycles. The van der Waals surface area contributed by atoms with Crippen molar-refractivity contribution in [2.75, 3.05) is 6.61 Å². The molecular formula is C19H28O2. The first-order valence-corrected chi connectivity index (χ1v) is 8.02. The number of carbonyl (C=O) groups excluding carboxylic acids is 1. The van der Waals surface area contributed by atoms with E-state index in [0.717, 1.165) is 25.7 Å². The molecule has 1 atom stereocenters. The van der Waals surface area contributed by atoms with E-state index < -0.39 is 0 Å². The topological polar surface area (TPSA) is 26.3 Å². The van der Waals surface area contributed by atoms with Crippen molar-refractivity contribution < 1.29 is 9.53 Å². The molecule has 1 aromatic carbocycles. The van der Waals surface area contributed by atoms with Crippen molar-refractivity contribution >= 4 is 5.97 Å². The third-order valence-corrected chi connectivity index (χ3v) is 3.67. The van der Waals surface area contributed by atoms with E-state index in [0.29, 0.717) is 18.1 Å². The molecule has 0 fully saturated rings. The van der Waals surface area contributed by atoms with Crippen LogP contribution in [-0.2, 0) is 16.0 Å². The van der Waals surface area contributed by atoms with Crippen molar-refractivity contribution in [3.05, 3.63) is 48.0 Å². The van der Waals surface area contributed by atoms with Crippen molar-refractivity contribution in [1.82, 2.24) is 0 Å². The Labute approximate surface area is 129 Å². The Hall–Kier alpha value is -1.57. The highest BCUT2D eigenvalue weighted by atomic mass is 16.5. The first-order valence-electron chi connectivity index (χ1n) is 8.02. The standard InChI is InChI=1S/C19H28O2/c1-4-21-19(20)17(3)12-8-5-7-11-16(2)15-18-13-9-6-10-14-18/h6,9-10,13-14,16H,3-5,7-8,11-12,15H2,1-2H3. The zero-order valence-electron chi connectivity index (χ0n) is 13.4. The van der Waals surface area contributed by atoms with Crippen LogP contribution >= 0.6 is 0 Å². The summed E-state index contributed by atoms with van der Waals surface area (Å²) >= 11 is 0. The molecule has 0 amide bonds. The summed E-state index contributed by atoms with van der Waals surface area (Å²) in [5.74, 6) is 0.468. The Kier molecular flexibility index (Phi) is 8.49. The molecule has 116 valence electrons. The third-order valence-electron chi connectivity index (χ3n) is 3.67. The molecule has 21 heavy (non-hydrogen) atoms. The molecule has 1 aromatic rings. The Morgan fingerprint density at radius 3 is 2.57 bits per heavy atom. The minimum Gasteiger partial charge on any atom is -0.463 e. The summed E-state index contributed by atoms with van der Waals surface area (Å²) < 4.78 is 4.93. The molecule has 0 aliphatic heterocycles. The van der Waals surface area contributed by atoms with E-state index in [1.807, 2.05) is 6.92 Å². The summed E-state index contributed by atoms with van der Waals surface area (Å²) in [6.07, 6.45) is 6.53. The van der Waals surface area contributed by atoms with Crippen molar-refractivity contribution in [3.63, 3.8) is 0 Å². The number of benzene rings is 1. The summed E-state index contributed by atoms with van der Waals surface area (Å²) in [6.45, 7) is 8.34. The van der Waals surface area contributed by atoms with Crippen molar-refractivity contribution in [2.45, 2.75) is 52.4 Å². The Morgan fingerprint density at radius 2 is 1.90 bits per heavy atom. The number of ether oxygens (including phenoxy) is 1. The summed E-state index contributed by atoms with van der Waals surface area (Å²) in [7, 11) is 0. The highest BCUT2D eigenvalue weighted by Gasteiger charge is 2.07. The molecule has 0 N–H and O–H groups in total. The molecule has 0 radical (unpaired) electrons. The lowest BCUT2D eigenvalue weighted by molar-refractivity contribution is -0.138. The van der Waals surface area contributed by atoms with Gasteiger partial charge in [-0.05, 0) is 37.7 Å². The van der Waals surface area contributed by atoms with Gasteiger partial charge in [0.05, 0.1) is 6.61 Å². The predicted molar refractivity (Wildman–Crippen MR) is 88.2 cm³/mol. The predicted octanol–water partition coefficient (Wildman–Crippen LogP) is 4.94. The summed E-state index contributed by atoms with van der Waals surface area (Å²) in [5.41, 5.74) is 2.02. The van der Waals surface area contributed by atoms with Gasteiger partial charge in [0.1, 0.15) is 0 Å². The molecule has 0 bridgehead atoms. The number of unbranched alkanes of at least 4 members (excludes halogenated alkanes) is 2. The Balaban J connectivity index is 2.08. The van der Waals surface area contributed by atoms with Gasteiger partial charge >= 0.3 is 5.97 Å². The lowest BCUT2D eigenvalue weighted by Crippen LogP contribution is -2.06. The Bertz CT molecular complexity index is 422. The zero-order chi connectivity index (χ0) is 15.5. The minimum atomic E-state index is -0.241. The maximum absolute atomic E-state index is 11.4. The van der Waals surface area contributed by atoms with Crippen LogP contribution in [0.15, 0.2) is 42.5 Å². The first-order chi connectivity index (χ1) is 10.1. The number of hydrogen-bond acceptors (Lipinski definition) is 2. The van der Waals surface area contributed by atoms with Gasteiger partial charge in [-0.3, -0.25) is 0 Å². The fraction of sp³-hybridized carbons (Fsp3) is 0.526. The lowest BCUT2D eigenvalue weighted by Gasteiger charge is -2.11. The normalized spacial score (nSPS) is 11.9. The second-order valence-corrected chi connectivity index (χ2v) is 5.72. The van der Waals surface area contributed by atoms with Gasteiger partial charge in [0, 0.05) is 5.57 Å². The molecule has 2 heteroatoms. The number of hydrogen-bond donors (Lipinski definition) is 0. The van der Waals surface area contributed by atoms with Gasteiger partial charge < -0.3 is 4.74 Å². The molecule has 0 saturated heterocycles. The first kappa shape index (κ1) is 17.5. The fourth-order valence-electron chi connectivity index (χ4n) is 2.46.